The monoisotopic (exact) mass is 379 g/mol. The number of para-hydroxylation sites is 1. The van der Waals surface area contributed by atoms with Gasteiger partial charge in [0.25, 0.3) is 0 Å². The van der Waals surface area contributed by atoms with Crippen molar-refractivity contribution in [2.24, 2.45) is 0 Å². The Morgan fingerprint density at radius 1 is 1.15 bits per heavy atom. The smallest absolute Gasteiger partial charge is 0.385 e. The topological polar surface area (TPSA) is 91.9 Å². The highest BCUT2D eigenvalue weighted by molar-refractivity contribution is 7.99. The predicted molar refractivity (Wildman–Crippen MR) is 102 cm³/mol. The van der Waals surface area contributed by atoms with E-state index in [2.05, 4.69) is 15.4 Å². The highest BCUT2D eigenvalue weighted by Crippen LogP contribution is 2.18. The molecule has 2 heterocycles. The lowest BCUT2D eigenvalue weighted by Gasteiger charge is -2.05. The number of nitrogens with one attached hydrogen (secondary N) is 2. The van der Waals surface area contributed by atoms with Gasteiger partial charge in [0.1, 0.15) is 5.58 Å². The zero-order valence-electron chi connectivity index (χ0n) is 14.1. The van der Waals surface area contributed by atoms with Gasteiger partial charge in [0, 0.05) is 17.1 Å². The van der Waals surface area contributed by atoms with Crippen molar-refractivity contribution < 1.29 is 13.9 Å². The maximum Gasteiger partial charge on any atom is 0.385 e. The highest BCUT2D eigenvalue weighted by Gasteiger charge is 2.18. The minimum Gasteiger partial charge on any atom is -0.423 e. The fourth-order valence-corrected chi connectivity index (χ4v) is 3.34. The molecule has 0 aliphatic carbocycles. The van der Waals surface area contributed by atoms with Crippen LogP contribution in [0.3, 0.4) is 0 Å². The van der Waals surface area contributed by atoms with Crippen LogP contribution in [0.2, 0.25) is 0 Å². The Morgan fingerprint density at radius 2 is 2.00 bits per heavy atom. The maximum absolute atomic E-state index is 12.3. The molecule has 0 saturated carbocycles. The van der Waals surface area contributed by atoms with Gasteiger partial charge >= 0.3 is 10.8 Å². The number of aromatic nitrogens is 3. The number of hydrogen-bond acceptors (Lipinski definition) is 5. The summed E-state index contributed by atoms with van der Waals surface area (Å²) in [5.74, 6) is 0.0545. The van der Waals surface area contributed by atoms with Crippen molar-refractivity contribution >= 4 is 34.3 Å². The number of benzene rings is 2. The normalized spacial score (nSPS) is 10.8. The van der Waals surface area contributed by atoms with Gasteiger partial charge < -0.3 is 9.73 Å². The van der Waals surface area contributed by atoms with Gasteiger partial charge in [-0.15, -0.1) is 4.68 Å². The van der Waals surface area contributed by atoms with Crippen molar-refractivity contribution in [3.8, 4) is 5.69 Å². The Bertz CT molecular complexity index is 1150. The van der Waals surface area contributed by atoms with Crippen LogP contribution in [-0.4, -0.2) is 21.7 Å². The van der Waals surface area contributed by atoms with Gasteiger partial charge in [-0.25, -0.2) is 4.79 Å². The molecule has 4 aromatic rings. The molecule has 0 atom stereocenters. The summed E-state index contributed by atoms with van der Waals surface area (Å²) in [6, 6.07) is 17.9. The minimum atomic E-state index is -0.401. The predicted octanol–water partition coefficient (Wildman–Crippen LogP) is 2.52. The van der Waals surface area contributed by atoms with Crippen LogP contribution < -0.4 is 15.6 Å². The molecule has 8 heteroatoms. The van der Waals surface area contributed by atoms with Crippen molar-refractivity contribution in [2.75, 3.05) is 11.1 Å². The standard InChI is InChI=1S/C19H14N4O3S/c24-17(22-14-7-8-16-13(10-14)6-9-18(25)26-16)11-27-19-20-12-21-23(19)15-4-2-1-3-5-15/h1-10,12H,11H2,(H,22,24)/p+1. The van der Waals surface area contributed by atoms with Crippen molar-refractivity contribution in [1.82, 2.24) is 10.1 Å². The molecule has 0 saturated heterocycles. The van der Waals surface area contributed by atoms with Gasteiger partial charge in [-0.2, -0.15) is 5.10 Å². The number of rotatable bonds is 5. The van der Waals surface area contributed by atoms with Crippen LogP contribution in [0.1, 0.15) is 0 Å². The zero-order chi connectivity index (χ0) is 18.6. The summed E-state index contributed by atoms with van der Waals surface area (Å²) < 4.78 is 6.90. The Hall–Kier alpha value is -3.39. The number of carbonyl (C=O) groups is 1. The van der Waals surface area contributed by atoms with Gasteiger partial charge in [-0.05, 0) is 53.1 Å². The van der Waals surface area contributed by atoms with Crippen molar-refractivity contribution in [3.05, 3.63) is 77.4 Å². The molecule has 0 unspecified atom stereocenters. The van der Waals surface area contributed by atoms with Crippen LogP contribution in [-0.2, 0) is 4.79 Å². The van der Waals surface area contributed by atoms with Crippen LogP contribution in [0, 0.1) is 0 Å². The third-order valence-electron chi connectivity index (χ3n) is 3.80. The number of H-pyrrole nitrogens is 1. The summed E-state index contributed by atoms with van der Waals surface area (Å²) in [4.78, 5) is 27.8. The number of anilines is 1. The number of hydrogen-bond donors (Lipinski definition) is 2. The number of thioether (sulfide) groups is 1. The van der Waals surface area contributed by atoms with E-state index in [0.29, 0.717) is 16.4 Å². The van der Waals surface area contributed by atoms with Gasteiger partial charge in [0.15, 0.2) is 5.69 Å². The van der Waals surface area contributed by atoms with E-state index in [9.17, 15) is 9.59 Å². The number of carbonyl (C=O) groups excluding carboxylic acids is 1. The molecule has 2 N–H and O–H groups in total. The second kappa shape index (κ2) is 7.46. The van der Waals surface area contributed by atoms with Crippen LogP contribution >= 0.6 is 11.8 Å². The Balaban J connectivity index is 1.43. The molecule has 4 rings (SSSR count). The summed E-state index contributed by atoms with van der Waals surface area (Å²) >= 11 is 1.33. The Morgan fingerprint density at radius 3 is 2.85 bits per heavy atom. The highest BCUT2D eigenvalue weighted by atomic mass is 32.2. The first kappa shape index (κ1) is 17.0. The molecular weight excluding hydrogens is 364 g/mol. The van der Waals surface area contributed by atoms with E-state index < -0.39 is 5.63 Å². The van der Waals surface area contributed by atoms with E-state index in [1.807, 2.05) is 35.0 Å². The van der Waals surface area contributed by atoms with Gasteiger partial charge in [-0.1, -0.05) is 18.2 Å². The lowest BCUT2D eigenvalue weighted by molar-refractivity contribution is -0.694. The van der Waals surface area contributed by atoms with Crippen LogP contribution in [0.5, 0.6) is 0 Å². The quantitative estimate of drug-likeness (QED) is 0.316. The summed E-state index contributed by atoms with van der Waals surface area (Å²) in [5.41, 5.74) is 1.66. The molecule has 0 radical (unpaired) electrons. The first-order chi connectivity index (χ1) is 13.2. The summed E-state index contributed by atoms with van der Waals surface area (Å²) in [6.07, 6.45) is 1.59. The maximum atomic E-state index is 12.3. The van der Waals surface area contributed by atoms with E-state index in [1.165, 1.54) is 17.8 Å². The molecular formula is C19H15N4O3S+. The van der Waals surface area contributed by atoms with E-state index in [4.69, 9.17) is 4.42 Å². The number of aromatic amines is 1. The molecule has 0 bridgehead atoms. The molecule has 2 aromatic carbocycles. The van der Waals surface area contributed by atoms with Gasteiger partial charge in [0.2, 0.25) is 12.2 Å². The van der Waals surface area contributed by atoms with E-state index in [-0.39, 0.29) is 11.7 Å². The van der Waals surface area contributed by atoms with Gasteiger partial charge in [0.05, 0.1) is 5.75 Å². The molecule has 2 aromatic heterocycles. The third kappa shape index (κ3) is 3.90. The first-order valence-electron chi connectivity index (χ1n) is 8.16. The molecule has 0 spiro atoms. The molecule has 27 heavy (non-hydrogen) atoms. The Kier molecular flexibility index (Phi) is 4.71. The van der Waals surface area contributed by atoms with E-state index in [1.54, 1.807) is 30.6 Å². The summed E-state index contributed by atoms with van der Waals surface area (Å²) in [6.45, 7) is 0. The number of fused-ring (bicyclic) bond motifs is 1. The SMILES string of the molecule is O=C(CSc1nc[nH][n+]1-c1ccccc1)Nc1ccc2oc(=O)ccc2c1. The molecule has 0 aliphatic heterocycles. The summed E-state index contributed by atoms with van der Waals surface area (Å²) in [5, 5.41) is 7.32. The van der Waals surface area contributed by atoms with Crippen LogP contribution in [0.25, 0.3) is 16.7 Å². The molecule has 0 aliphatic rings. The first-order valence-corrected chi connectivity index (χ1v) is 9.15. The molecule has 134 valence electrons. The van der Waals surface area contributed by atoms with Crippen LogP contribution in [0.4, 0.5) is 5.69 Å². The largest absolute Gasteiger partial charge is 0.423 e. The van der Waals surface area contributed by atoms with Gasteiger partial charge in [-0.3, -0.25) is 4.79 Å². The number of nitrogens with zero attached hydrogens (tertiary/aromatic N) is 2. The van der Waals surface area contributed by atoms with Crippen molar-refractivity contribution in [3.63, 3.8) is 0 Å². The minimum absolute atomic E-state index is 0.153. The lowest BCUT2D eigenvalue weighted by atomic mass is 10.2. The average Bonchev–Trinajstić information content (AvgIpc) is 3.16. The Labute approximate surface area is 158 Å². The van der Waals surface area contributed by atoms with Crippen molar-refractivity contribution in [2.45, 2.75) is 5.16 Å². The van der Waals surface area contributed by atoms with E-state index >= 15 is 0 Å². The average molecular weight is 379 g/mol. The fourth-order valence-electron chi connectivity index (χ4n) is 2.60. The second-order valence-corrected chi connectivity index (χ2v) is 6.63. The fraction of sp³-hybridized carbons (Fsp3) is 0.0526. The second-order valence-electron chi connectivity index (χ2n) is 5.68. The zero-order valence-corrected chi connectivity index (χ0v) is 14.9. The summed E-state index contributed by atoms with van der Waals surface area (Å²) in [7, 11) is 0. The number of amides is 1. The lowest BCUT2D eigenvalue weighted by Crippen LogP contribution is -2.35. The third-order valence-corrected chi connectivity index (χ3v) is 4.76. The molecule has 0 fully saturated rings. The molecule has 1 amide bonds. The molecule has 7 nitrogen and oxygen atoms in total. The van der Waals surface area contributed by atoms with E-state index in [0.717, 1.165) is 11.1 Å². The van der Waals surface area contributed by atoms with Crippen LogP contribution in [0.15, 0.2) is 81.4 Å². The van der Waals surface area contributed by atoms with Crippen molar-refractivity contribution in [1.29, 1.82) is 0 Å².